The van der Waals surface area contributed by atoms with Crippen LogP contribution in [0.4, 0.5) is 0 Å². The summed E-state index contributed by atoms with van der Waals surface area (Å²) in [7, 11) is 1.61. The molecule has 0 aromatic carbocycles. The van der Waals surface area contributed by atoms with Gasteiger partial charge in [0.05, 0.1) is 7.11 Å². The van der Waals surface area contributed by atoms with E-state index in [0.717, 1.165) is 12.1 Å². The van der Waals surface area contributed by atoms with Crippen LogP contribution < -0.4 is 0 Å². The lowest BCUT2D eigenvalue weighted by atomic mass is 10.2. The third-order valence-electron chi connectivity index (χ3n) is 1.49. The predicted molar refractivity (Wildman–Crippen MR) is 57.9 cm³/mol. The molecule has 74 valence electrons. The number of hydrogen-bond donors (Lipinski definition) is 0. The summed E-state index contributed by atoms with van der Waals surface area (Å²) in [6.45, 7) is 9.98. The third kappa shape index (κ3) is 6.14. The van der Waals surface area contributed by atoms with Crippen LogP contribution in [0.3, 0.4) is 0 Å². The molecule has 0 saturated heterocycles. The fraction of sp³-hybridized carbons (Fsp3) is 0.545. The van der Waals surface area contributed by atoms with E-state index in [0.29, 0.717) is 11.7 Å². The molecule has 0 radical (unpaired) electrons. The highest BCUT2D eigenvalue weighted by atomic mass is 16.5. The monoisotopic (exact) mass is 181 g/mol. The highest BCUT2D eigenvalue weighted by Crippen LogP contribution is 2.07. The van der Waals surface area contributed by atoms with E-state index in [2.05, 4.69) is 32.3 Å². The maximum absolute atomic E-state index is 4.94. The van der Waals surface area contributed by atoms with E-state index in [1.807, 2.05) is 12.3 Å². The first kappa shape index (κ1) is 11.9. The molecule has 13 heavy (non-hydrogen) atoms. The zero-order chi connectivity index (χ0) is 10.3. The molecular formula is C11H19NO. The van der Waals surface area contributed by atoms with E-state index < -0.39 is 0 Å². The van der Waals surface area contributed by atoms with Crippen LogP contribution in [0.25, 0.3) is 0 Å². The van der Waals surface area contributed by atoms with Crippen molar-refractivity contribution in [2.75, 3.05) is 7.11 Å². The second-order valence-corrected chi connectivity index (χ2v) is 3.18. The van der Waals surface area contributed by atoms with Crippen molar-refractivity contribution in [3.05, 3.63) is 24.1 Å². The Morgan fingerprint density at radius 2 is 2.15 bits per heavy atom. The quantitative estimate of drug-likeness (QED) is 0.362. The van der Waals surface area contributed by atoms with Gasteiger partial charge >= 0.3 is 0 Å². The molecule has 0 fully saturated rings. The lowest BCUT2D eigenvalue weighted by Crippen LogP contribution is -1.89. The van der Waals surface area contributed by atoms with Gasteiger partial charge in [-0.25, -0.2) is 0 Å². The summed E-state index contributed by atoms with van der Waals surface area (Å²) < 4.78 is 4.94. The molecule has 0 aliphatic rings. The van der Waals surface area contributed by atoms with Crippen LogP contribution in [0, 0.1) is 5.92 Å². The summed E-state index contributed by atoms with van der Waals surface area (Å²) in [6.07, 6.45) is 4.68. The predicted octanol–water partition coefficient (Wildman–Crippen LogP) is 3.17. The van der Waals surface area contributed by atoms with Crippen molar-refractivity contribution in [3.8, 4) is 0 Å². The van der Waals surface area contributed by atoms with Gasteiger partial charge in [-0.05, 0) is 12.3 Å². The molecule has 0 saturated carbocycles. The molecule has 0 heterocycles. The fourth-order valence-electron chi connectivity index (χ4n) is 0.720. The minimum atomic E-state index is 0.478. The number of ether oxygens (including phenoxy) is 1. The molecule has 0 atom stereocenters. The summed E-state index contributed by atoms with van der Waals surface area (Å²) in [4.78, 5) is 4.32. The van der Waals surface area contributed by atoms with Gasteiger partial charge in [0.1, 0.15) is 5.76 Å². The first-order valence-electron chi connectivity index (χ1n) is 4.57. The summed E-state index contributed by atoms with van der Waals surface area (Å²) in [5.41, 5.74) is 1.00. The van der Waals surface area contributed by atoms with Gasteiger partial charge in [0.15, 0.2) is 0 Å². The third-order valence-corrected chi connectivity index (χ3v) is 1.49. The highest BCUT2D eigenvalue weighted by molar-refractivity contribution is 5.61. The molecule has 2 heteroatoms. The summed E-state index contributed by atoms with van der Waals surface area (Å²) >= 11 is 0. The lowest BCUT2D eigenvalue weighted by Gasteiger charge is -2.01. The van der Waals surface area contributed by atoms with Crippen LogP contribution in [0.2, 0.25) is 0 Å². The van der Waals surface area contributed by atoms with Crippen LogP contribution in [0.15, 0.2) is 29.1 Å². The van der Waals surface area contributed by atoms with Crippen LogP contribution in [0.5, 0.6) is 0 Å². The molecular weight excluding hydrogens is 162 g/mol. The van der Waals surface area contributed by atoms with Crippen molar-refractivity contribution < 1.29 is 4.74 Å². The zero-order valence-electron chi connectivity index (χ0n) is 9.00. The van der Waals surface area contributed by atoms with Gasteiger partial charge in [0.25, 0.3) is 0 Å². The topological polar surface area (TPSA) is 21.6 Å². The van der Waals surface area contributed by atoms with E-state index in [4.69, 9.17) is 4.74 Å². The molecule has 0 aliphatic heterocycles. The molecule has 0 aliphatic carbocycles. The molecule has 0 unspecified atom stereocenters. The van der Waals surface area contributed by atoms with Crippen LogP contribution >= 0.6 is 0 Å². The Kier molecular flexibility index (Phi) is 5.94. The van der Waals surface area contributed by atoms with Gasteiger partial charge in [-0.3, -0.25) is 4.99 Å². The Hall–Kier alpha value is -1.05. The summed E-state index contributed by atoms with van der Waals surface area (Å²) in [6, 6.07) is 0. The number of aliphatic imine (C=N–C) groups is 1. The fourth-order valence-corrected chi connectivity index (χ4v) is 0.720. The normalized spacial score (nSPS) is 12.5. The second-order valence-electron chi connectivity index (χ2n) is 3.18. The first-order chi connectivity index (χ1) is 6.10. The molecule has 2 nitrogen and oxygen atoms in total. The van der Waals surface area contributed by atoms with E-state index in [-0.39, 0.29) is 0 Å². The van der Waals surface area contributed by atoms with E-state index in [9.17, 15) is 0 Å². The van der Waals surface area contributed by atoms with Crippen molar-refractivity contribution >= 4 is 6.21 Å². The Bertz CT molecular complexity index is 214. The average molecular weight is 181 g/mol. The number of allylic oxidation sites excluding steroid dienone is 2. The number of nitrogens with zero attached hydrogens (tertiary/aromatic N) is 1. The number of rotatable bonds is 5. The Balaban J connectivity index is 4.33. The van der Waals surface area contributed by atoms with Crippen LogP contribution in [-0.2, 0) is 4.74 Å². The molecule has 0 aromatic heterocycles. The van der Waals surface area contributed by atoms with Crippen LogP contribution in [0.1, 0.15) is 27.2 Å². The van der Waals surface area contributed by atoms with Gasteiger partial charge in [-0.2, -0.15) is 0 Å². The average Bonchev–Trinajstić information content (AvgIpc) is 2.11. The molecule has 0 aromatic rings. The zero-order valence-corrected chi connectivity index (χ0v) is 9.00. The minimum Gasteiger partial charge on any atom is -0.497 e. The van der Waals surface area contributed by atoms with Crippen molar-refractivity contribution in [1.82, 2.24) is 0 Å². The second kappa shape index (κ2) is 6.46. The van der Waals surface area contributed by atoms with Gasteiger partial charge in [0, 0.05) is 18.0 Å². The molecule has 0 N–H and O–H groups in total. The van der Waals surface area contributed by atoms with Gasteiger partial charge in [0.2, 0.25) is 0 Å². The molecule has 0 spiro atoms. The Labute approximate surface area is 81.0 Å². The lowest BCUT2D eigenvalue weighted by molar-refractivity contribution is 0.308. The standard InChI is InChI=1S/C11H19NO/c1-6-11(7-10(4)13-5)12-8-9(2)3/h7-9H,4,6H2,1-3,5H3/b11-7+,12-8-. The van der Waals surface area contributed by atoms with Gasteiger partial charge in [-0.15, -0.1) is 0 Å². The molecule has 0 bridgehead atoms. The molecule has 0 rings (SSSR count). The largest absolute Gasteiger partial charge is 0.497 e. The molecule has 0 amide bonds. The van der Waals surface area contributed by atoms with Gasteiger partial charge < -0.3 is 4.74 Å². The van der Waals surface area contributed by atoms with Crippen molar-refractivity contribution in [2.45, 2.75) is 27.2 Å². The van der Waals surface area contributed by atoms with Gasteiger partial charge in [-0.1, -0.05) is 27.4 Å². The SMILES string of the molecule is C=C(/C=C(CC)/N=C\C(C)C)OC. The summed E-state index contributed by atoms with van der Waals surface area (Å²) in [5, 5.41) is 0. The number of hydrogen-bond acceptors (Lipinski definition) is 2. The Morgan fingerprint density at radius 1 is 1.54 bits per heavy atom. The van der Waals surface area contributed by atoms with Crippen molar-refractivity contribution in [1.29, 1.82) is 0 Å². The van der Waals surface area contributed by atoms with Crippen molar-refractivity contribution in [3.63, 3.8) is 0 Å². The smallest absolute Gasteiger partial charge is 0.113 e. The number of methoxy groups -OCH3 is 1. The van der Waals surface area contributed by atoms with E-state index in [1.165, 1.54) is 0 Å². The highest BCUT2D eigenvalue weighted by Gasteiger charge is 1.93. The van der Waals surface area contributed by atoms with Crippen LogP contribution in [-0.4, -0.2) is 13.3 Å². The summed E-state index contributed by atoms with van der Waals surface area (Å²) in [5.74, 6) is 1.13. The van der Waals surface area contributed by atoms with Crippen molar-refractivity contribution in [2.24, 2.45) is 10.9 Å². The minimum absolute atomic E-state index is 0.478. The Morgan fingerprint density at radius 3 is 2.54 bits per heavy atom. The maximum atomic E-state index is 4.94. The van der Waals surface area contributed by atoms with E-state index in [1.54, 1.807) is 7.11 Å². The first-order valence-corrected chi connectivity index (χ1v) is 4.57. The maximum Gasteiger partial charge on any atom is 0.113 e. The van der Waals surface area contributed by atoms with E-state index >= 15 is 0 Å².